The fourth-order valence-corrected chi connectivity index (χ4v) is 2.69. The van der Waals surface area contributed by atoms with Crippen LogP contribution in [-0.2, 0) is 16.1 Å². The number of amides is 2. The number of benzene rings is 1. The van der Waals surface area contributed by atoms with Crippen LogP contribution in [0.1, 0.15) is 38.3 Å². The van der Waals surface area contributed by atoms with E-state index in [0.29, 0.717) is 11.4 Å². The topological polar surface area (TPSA) is 67.2 Å². The van der Waals surface area contributed by atoms with Gasteiger partial charge in [0.2, 0.25) is 0 Å². The van der Waals surface area contributed by atoms with Gasteiger partial charge in [-0.3, -0.25) is 9.59 Å². The van der Waals surface area contributed by atoms with Gasteiger partial charge >= 0.3 is 11.8 Å². The summed E-state index contributed by atoms with van der Waals surface area (Å²) in [5.41, 5.74) is 0.405. The molecule has 0 unspecified atom stereocenters. The van der Waals surface area contributed by atoms with Crippen LogP contribution < -0.4 is 5.32 Å². The molecule has 1 saturated carbocycles. The van der Waals surface area contributed by atoms with Gasteiger partial charge in [-0.2, -0.15) is 5.10 Å². The predicted molar refractivity (Wildman–Crippen MR) is 91.2 cm³/mol. The van der Waals surface area contributed by atoms with Crippen LogP contribution in [0.4, 0.5) is 10.2 Å². The van der Waals surface area contributed by atoms with E-state index in [1.54, 1.807) is 35.1 Å². The predicted octanol–water partition coefficient (Wildman–Crippen LogP) is 2.73. The molecule has 1 aliphatic carbocycles. The van der Waals surface area contributed by atoms with Gasteiger partial charge in [0.1, 0.15) is 11.6 Å². The van der Waals surface area contributed by atoms with Crippen LogP contribution in [0.2, 0.25) is 0 Å². The van der Waals surface area contributed by atoms with E-state index in [0.717, 1.165) is 12.8 Å². The van der Waals surface area contributed by atoms with Crippen molar-refractivity contribution in [2.45, 2.75) is 45.3 Å². The van der Waals surface area contributed by atoms with Crippen molar-refractivity contribution in [3.05, 3.63) is 47.9 Å². The van der Waals surface area contributed by atoms with Crippen LogP contribution in [0, 0.1) is 5.82 Å². The molecular weight excluding hydrogens is 323 g/mol. The normalized spacial score (nSPS) is 13.8. The maximum atomic E-state index is 13.9. The molecule has 132 valence electrons. The molecule has 6 nitrogen and oxygen atoms in total. The number of nitrogens with zero attached hydrogens (tertiary/aromatic N) is 3. The molecule has 1 aliphatic rings. The van der Waals surface area contributed by atoms with Crippen molar-refractivity contribution >= 4 is 17.6 Å². The maximum Gasteiger partial charge on any atom is 0.315 e. The number of anilines is 1. The first-order valence-electron chi connectivity index (χ1n) is 8.36. The lowest BCUT2D eigenvalue weighted by molar-refractivity contribution is -0.144. The number of hydrogen-bond acceptors (Lipinski definition) is 3. The van der Waals surface area contributed by atoms with E-state index in [9.17, 15) is 14.0 Å². The molecule has 0 radical (unpaired) electrons. The summed E-state index contributed by atoms with van der Waals surface area (Å²) in [6.45, 7) is 3.95. The van der Waals surface area contributed by atoms with E-state index in [1.807, 2.05) is 13.8 Å². The van der Waals surface area contributed by atoms with Crippen LogP contribution in [-0.4, -0.2) is 32.5 Å². The lowest BCUT2D eigenvalue weighted by atomic mass is 10.2. The van der Waals surface area contributed by atoms with Crippen LogP contribution in [0.25, 0.3) is 0 Å². The zero-order chi connectivity index (χ0) is 18.0. The van der Waals surface area contributed by atoms with Gasteiger partial charge in [0.25, 0.3) is 0 Å². The Labute approximate surface area is 145 Å². The third-order valence-electron chi connectivity index (χ3n) is 4.14. The van der Waals surface area contributed by atoms with Gasteiger partial charge in [0.05, 0.1) is 6.20 Å². The molecule has 0 spiro atoms. The molecule has 1 fully saturated rings. The van der Waals surface area contributed by atoms with Gasteiger partial charge in [-0.1, -0.05) is 18.2 Å². The van der Waals surface area contributed by atoms with E-state index in [4.69, 9.17) is 0 Å². The van der Waals surface area contributed by atoms with Crippen LogP contribution in [0.5, 0.6) is 0 Å². The molecule has 0 atom stereocenters. The van der Waals surface area contributed by atoms with Crippen molar-refractivity contribution in [3.8, 4) is 0 Å². The lowest BCUT2D eigenvalue weighted by Crippen LogP contribution is -2.41. The lowest BCUT2D eigenvalue weighted by Gasteiger charge is -2.22. The number of aromatic nitrogens is 2. The molecule has 2 amide bonds. The van der Waals surface area contributed by atoms with E-state index in [-0.39, 0.29) is 24.4 Å². The summed E-state index contributed by atoms with van der Waals surface area (Å²) >= 11 is 0. The highest BCUT2D eigenvalue weighted by molar-refractivity contribution is 6.39. The van der Waals surface area contributed by atoms with Gasteiger partial charge in [-0.25, -0.2) is 9.07 Å². The van der Waals surface area contributed by atoms with E-state index >= 15 is 0 Å². The minimum atomic E-state index is -0.731. The summed E-state index contributed by atoms with van der Waals surface area (Å²) < 4.78 is 15.5. The Morgan fingerprint density at radius 2 is 2.04 bits per heavy atom. The van der Waals surface area contributed by atoms with Crippen molar-refractivity contribution in [2.75, 3.05) is 5.32 Å². The highest BCUT2D eigenvalue weighted by Gasteiger charge is 2.36. The largest absolute Gasteiger partial charge is 0.327 e. The molecule has 2 aromatic rings. The van der Waals surface area contributed by atoms with Crippen LogP contribution in [0.15, 0.2) is 36.5 Å². The highest BCUT2D eigenvalue weighted by Crippen LogP contribution is 2.29. The number of halogens is 1. The fraction of sp³-hybridized carbons (Fsp3) is 0.389. The van der Waals surface area contributed by atoms with Crippen molar-refractivity contribution in [3.63, 3.8) is 0 Å². The van der Waals surface area contributed by atoms with Crippen molar-refractivity contribution in [1.29, 1.82) is 0 Å². The Morgan fingerprint density at radius 3 is 2.68 bits per heavy atom. The number of carbonyl (C=O) groups excluding carboxylic acids is 2. The Kier molecular flexibility index (Phi) is 4.83. The molecule has 0 aliphatic heterocycles. The Bertz CT molecular complexity index is 783. The monoisotopic (exact) mass is 344 g/mol. The average Bonchev–Trinajstić information content (AvgIpc) is 3.31. The Hall–Kier alpha value is -2.70. The number of hydrogen-bond donors (Lipinski definition) is 1. The summed E-state index contributed by atoms with van der Waals surface area (Å²) in [5.74, 6) is -1.29. The molecule has 0 bridgehead atoms. The zero-order valence-electron chi connectivity index (χ0n) is 14.3. The first kappa shape index (κ1) is 17.1. The molecule has 1 N–H and O–H groups in total. The fourth-order valence-electron chi connectivity index (χ4n) is 2.69. The second kappa shape index (κ2) is 7.04. The first-order valence-corrected chi connectivity index (χ1v) is 8.36. The molecule has 3 rings (SSSR count). The van der Waals surface area contributed by atoms with Gasteiger partial charge in [0.15, 0.2) is 0 Å². The Balaban J connectivity index is 1.73. The summed E-state index contributed by atoms with van der Waals surface area (Å²) in [7, 11) is 0. The van der Waals surface area contributed by atoms with Gasteiger partial charge in [0, 0.05) is 30.3 Å². The van der Waals surface area contributed by atoms with Gasteiger partial charge in [-0.05, 0) is 32.8 Å². The number of nitrogens with one attached hydrogen (secondary N) is 1. The second-order valence-electron chi connectivity index (χ2n) is 6.46. The van der Waals surface area contributed by atoms with Crippen molar-refractivity contribution in [1.82, 2.24) is 14.7 Å². The van der Waals surface area contributed by atoms with Crippen molar-refractivity contribution < 1.29 is 14.0 Å². The van der Waals surface area contributed by atoms with E-state index in [1.165, 1.54) is 11.0 Å². The minimum absolute atomic E-state index is 0.00661. The van der Waals surface area contributed by atoms with Crippen LogP contribution >= 0.6 is 0 Å². The Morgan fingerprint density at radius 1 is 1.32 bits per heavy atom. The smallest absolute Gasteiger partial charge is 0.315 e. The molecule has 1 aromatic heterocycles. The molecular formula is C18H21FN4O2. The van der Waals surface area contributed by atoms with E-state index in [2.05, 4.69) is 10.4 Å². The number of carbonyl (C=O) groups is 2. The number of rotatable bonds is 5. The van der Waals surface area contributed by atoms with Gasteiger partial charge < -0.3 is 10.2 Å². The molecule has 7 heteroatoms. The third-order valence-corrected chi connectivity index (χ3v) is 4.14. The summed E-state index contributed by atoms with van der Waals surface area (Å²) in [4.78, 5) is 26.5. The average molecular weight is 344 g/mol. The van der Waals surface area contributed by atoms with E-state index < -0.39 is 11.8 Å². The first-order chi connectivity index (χ1) is 12.0. The summed E-state index contributed by atoms with van der Waals surface area (Å²) in [5, 5.41) is 6.74. The minimum Gasteiger partial charge on any atom is -0.327 e. The van der Waals surface area contributed by atoms with Crippen LogP contribution in [0.3, 0.4) is 0 Å². The highest BCUT2D eigenvalue weighted by atomic mass is 19.1. The summed E-state index contributed by atoms with van der Waals surface area (Å²) in [6, 6.07) is 7.99. The maximum absolute atomic E-state index is 13.9. The summed E-state index contributed by atoms with van der Waals surface area (Å²) in [6.07, 6.45) is 3.23. The quantitative estimate of drug-likeness (QED) is 0.848. The molecule has 0 saturated heterocycles. The van der Waals surface area contributed by atoms with Gasteiger partial charge in [-0.15, -0.1) is 0 Å². The third kappa shape index (κ3) is 3.87. The standard InChI is InChI=1S/C18H21FN4O2/c1-12(2)23-16(9-10-20-23)21-17(24)18(25)22(14-7-8-14)11-13-5-3-4-6-15(13)19/h3-6,9-10,12,14H,7-8,11H2,1-2H3,(H,21,24). The molecule has 1 heterocycles. The van der Waals surface area contributed by atoms with Crippen molar-refractivity contribution in [2.24, 2.45) is 0 Å². The SMILES string of the molecule is CC(C)n1nccc1NC(=O)C(=O)N(Cc1ccccc1F)C1CC1. The molecule has 1 aromatic carbocycles. The second-order valence-corrected chi connectivity index (χ2v) is 6.46. The zero-order valence-corrected chi connectivity index (χ0v) is 14.3. The molecule has 25 heavy (non-hydrogen) atoms.